The summed E-state index contributed by atoms with van der Waals surface area (Å²) in [6.45, 7) is 0.565. The molecule has 18 heavy (non-hydrogen) atoms. The first-order valence-electron chi connectivity index (χ1n) is 6.40. The number of benzene rings is 1. The van der Waals surface area contributed by atoms with Crippen molar-refractivity contribution in [1.29, 1.82) is 0 Å². The molecule has 2 N–H and O–H groups in total. The van der Waals surface area contributed by atoms with Crippen LogP contribution in [0.1, 0.15) is 12.8 Å². The van der Waals surface area contributed by atoms with Gasteiger partial charge in [0.25, 0.3) is 0 Å². The van der Waals surface area contributed by atoms with Gasteiger partial charge in [-0.2, -0.15) is 11.8 Å². The monoisotopic (exact) mass is 267 g/mol. The first kappa shape index (κ1) is 13.6. The third kappa shape index (κ3) is 3.56. The first-order chi connectivity index (χ1) is 8.81. The summed E-state index contributed by atoms with van der Waals surface area (Å²) in [7, 11) is 1.65. The summed E-state index contributed by atoms with van der Waals surface area (Å²) >= 11 is 2.02. The number of rotatable bonds is 5. The predicted molar refractivity (Wildman–Crippen MR) is 76.5 cm³/mol. The minimum absolute atomic E-state index is 0.121. The molecule has 1 saturated heterocycles. The van der Waals surface area contributed by atoms with E-state index in [4.69, 9.17) is 15.2 Å². The molecule has 1 heterocycles. The van der Waals surface area contributed by atoms with Gasteiger partial charge < -0.3 is 15.2 Å². The topological polar surface area (TPSA) is 44.5 Å². The Morgan fingerprint density at radius 1 is 1.28 bits per heavy atom. The second kappa shape index (κ2) is 6.90. The molecule has 1 fully saturated rings. The second-order valence-corrected chi connectivity index (χ2v) is 5.80. The molecule has 1 aromatic carbocycles. The lowest BCUT2D eigenvalue weighted by molar-refractivity contribution is 0.230. The van der Waals surface area contributed by atoms with Crippen LogP contribution in [0.2, 0.25) is 0 Å². The lowest BCUT2D eigenvalue weighted by atomic mass is 9.95. The molecule has 3 nitrogen and oxygen atoms in total. The Hall–Kier alpha value is -0.870. The third-order valence-corrected chi connectivity index (χ3v) is 4.42. The molecule has 100 valence electrons. The van der Waals surface area contributed by atoms with Crippen molar-refractivity contribution in [3.8, 4) is 11.5 Å². The van der Waals surface area contributed by atoms with Crippen LogP contribution in [0.4, 0.5) is 0 Å². The van der Waals surface area contributed by atoms with Crippen molar-refractivity contribution in [3.63, 3.8) is 0 Å². The van der Waals surface area contributed by atoms with E-state index >= 15 is 0 Å². The van der Waals surface area contributed by atoms with Gasteiger partial charge in [-0.3, -0.25) is 0 Å². The standard InChI is InChI=1S/C14H21NO2S/c1-16-13-4-2-3-5-14(13)17-10-12(15)11-6-8-18-9-7-11/h2-5,11-12H,6-10,15H2,1H3. The molecule has 0 radical (unpaired) electrons. The Morgan fingerprint density at radius 2 is 1.94 bits per heavy atom. The molecule has 1 aliphatic rings. The highest BCUT2D eigenvalue weighted by Crippen LogP contribution is 2.28. The highest BCUT2D eigenvalue weighted by Gasteiger charge is 2.21. The highest BCUT2D eigenvalue weighted by atomic mass is 32.2. The van der Waals surface area contributed by atoms with Gasteiger partial charge in [0.2, 0.25) is 0 Å². The minimum atomic E-state index is 0.121. The zero-order valence-corrected chi connectivity index (χ0v) is 11.6. The summed E-state index contributed by atoms with van der Waals surface area (Å²) in [5.41, 5.74) is 6.21. The number of thioether (sulfide) groups is 1. The SMILES string of the molecule is COc1ccccc1OCC(N)C1CCSCC1. The number of hydrogen-bond donors (Lipinski definition) is 1. The number of nitrogens with two attached hydrogens (primary N) is 1. The smallest absolute Gasteiger partial charge is 0.161 e. The quantitative estimate of drug-likeness (QED) is 0.890. The number of ether oxygens (including phenoxy) is 2. The summed E-state index contributed by atoms with van der Waals surface area (Å²) in [5.74, 6) is 4.60. The molecule has 0 aromatic heterocycles. The first-order valence-corrected chi connectivity index (χ1v) is 7.56. The van der Waals surface area contributed by atoms with Crippen LogP contribution < -0.4 is 15.2 Å². The van der Waals surface area contributed by atoms with Crippen molar-refractivity contribution in [2.75, 3.05) is 25.2 Å². The maximum atomic E-state index is 6.21. The van der Waals surface area contributed by atoms with Gasteiger partial charge in [-0.15, -0.1) is 0 Å². The van der Waals surface area contributed by atoms with E-state index in [0.29, 0.717) is 12.5 Å². The second-order valence-electron chi connectivity index (χ2n) is 4.58. The molecule has 0 aliphatic carbocycles. The number of para-hydroxylation sites is 2. The molecule has 0 spiro atoms. The fraction of sp³-hybridized carbons (Fsp3) is 0.571. The van der Waals surface area contributed by atoms with Crippen LogP contribution in [0.15, 0.2) is 24.3 Å². The highest BCUT2D eigenvalue weighted by molar-refractivity contribution is 7.99. The summed E-state index contributed by atoms with van der Waals surface area (Å²) in [4.78, 5) is 0. The van der Waals surface area contributed by atoms with Crippen LogP contribution in [-0.4, -0.2) is 31.3 Å². The van der Waals surface area contributed by atoms with E-state index in [9.17, 15) is 0 Å². The summed E-state index contributed by atoms with van der Waals surface area (Å²) in [6, 6.07) is 7.82. The molecule has 1 aliphatic heterocycles. The number of methoxy groups -OCH3 is 1. The Morgan fingerprint density at radius 3 is 2.61 bits per heavy atom. The predicted octanol–water partition coefficient (Wildman–Crippen LogP) is 2.54. The van der Waals surface area contributed by atoms with Crippen LogP contribution in [-0.2, 0) is 0 Å². The van der Waals surface area contributed by atoms with E-state index in [0.717, 1.165) is 11.5 Å². The van der Waals surface area contributed by atoms with Crippen LogP contribution in [0.25, 0.3) is 0 Å². The zero-order chi connectivity index (χ0) is 12.8. The molecule has 0 amide bonds. The molecule has 1 atom stereocenters. The van der Waals surface area contributed by atoms with E-state index in [1.54, 1.807) is 7.11 Å². The van der Waals surface area contributed by atoms with Crippen molar-refractivity contribution in [1.82, 2.24) is 0 Å². The van der Waals surface area contributed by atoms with Gasteiger partial charge in [0.15, 0.2) is 11.5 Å². The van der Waals surface area contributed by atoms with Crippen LogP contribution >= 0.6 is 11.8 Å². The minimum Gasteiger partial charge on any atom is -0.493 e. The maximum Gasteiger partial charge on any atom is 0.161 e. The van der Waals surface area contributed by atoms with Gasteiger partial charge in [-0.05, 0) is 42.4 Å². The maximum absolute atomic E-state index is 6.21. The Bertz CT molecular complexity index is 367. The molecule has 2 rings (SSSR count). The molecule has 1 unspecified atom stereocenters. The van der Waals surface area contributed by atoms with Crippen molar-refractivity contribution in [2.45, 2.75) is 18.9 Å². The molecule has 0 bridgehead atoms. The number of hydrogen-bond acceptors (Lipinski definition) is 4. The third-order valence-electron chi connectivity index (χ3n) is 3.37. The van der Waals surface area contributed by atoms with E-state index in [1.807, 2.05) is 36.0 Å². The van der Waals surface area contributed by atoms with Crippen molar-refractivity contribution >= 4 is 11.8 Å². The molecular formula is C14H21NO2S. The van der Waals surface area contributed by atoms with Crippen molar-refractivity contribution in [3.05, 3.63) is 24.3 Å². The van der Waals surface area contributed by atoms with Crippen LogP contribution in [0.5, 0.6) is 11.5 Å². The van der Waals surface area contributed by atoms with Gasteiger partial charge >= 0.3 is 0 Å². The average Bonchev–Trinajstić information content (AvgIpc) is 2.46. The van der Waals surface area contributed by atoms with Gasteiger partial charge in [0.1, 0.15) is 6.61 Å². The lowest BCUT2D eigenvalue weighted by Gasteiger charge is -2.27. The van der Waals surface area contributed by atoms with Crippen molar-refractivity contribution in [2.24, 2.45) is 11.7 Å². The largest absolute Gasteiger partial charge is 0.493 e. The molecule has 4 heteroatoms. The van der Waals surface area contributed by atoms with Crippen LogP contribution in [0, 0.1) is 5.92 Å². The summed E-state index contributed by atoms with van der Waals surface area (Å²) < 4.78 is 11.0. The van der Waals surface area contributed by atoms with Gasteiger partial charge in [-0.25, -0.2) is 0 Å². The summed E-state index contributed by atoms with van der Waals surface area (Å²) in [5, 5.41) is 0. The average molecular weight is 267 g/mol. The normalized spacial score (nSPS) is 18.3. The van der Waals surface area contributed by atoms with Crippen LogP contribution in [0.3, 0.4) is 0 Å². The zero-order valence-electron chi connectivity index (χ0n) is 10.8. The van der Waals surface area contributed by atoms with Crippen molar-refractivity contribution < 1.29 is 9.47 Å². The van der Waals surface area contributed by atoms with E-state index in [2.05, 4.69) is 0 Å². The molecular weight excluding hydrogens is 246 g/mol. The lowest BCUT2D eigenvalue weighted by Crippen LogP contribution is -2.37. The molecule has 1 aromatic rings. The Labute approximate surface area is 113 Å². The Balaban J connectivity index is 1.86. The van der Waals surface area contributed by atoms with Gasteiger partial charge in [-0.1, -0.05) is 12.1 Å². The fourth-order valence-electron chi connectivity index (χ4n) is 2.20. The van der Waals surface area contributed by atoms with E-state index < -0.39 is 0 Å². The van der Waals surface area contributed by atoms with E-state index in [-0.39, 0.29) is 6.04 Å². The summed E-state index contributed by atoms with van der Waals surface area (Å²) in [6.07, 6.45) is 2.42. The Kier molecular flexibility index (Phi) is 5.20. The van der Waals surface area contributed by atoms with Gasteiger partial charge in [0.05, 0.1) is 7.11 Å². The molecule has 0 saturated carbocycles. The fourth-order valence-corrected chi connectivity index (χ4v) is 3.35. The van der Waals surface area contributed by atoms with E-state index in [1.165, 1.54) is 24.3 Å². The van der Waals surface area contributed by atoms with Gasteiger partial charge in [0, 0.05) is 6.04 Å².